The molecular weight excluding hydrogens is 298 g/mol. The summed E-state index contributed by atoms with van der Waals surface area (Å²) in [6, 6.07) is 8.12. The van der Waals surface area contributed by atoms with Gasteiger partial charge in [-0.15, -0.1) is 11.3 Å². The summed E-state index contributed by atoms with van der Waals surface area (Å²) in [5, 5.41) is 13.8. The molecule has 0 bridgehead atoms. The van der Waals surface area contributed by atoms with E-state index in [1.807, 2.05) is 0 Å². The van der Waals surface area contributed by atoms with Crippen LogP contribution >= 0.6 is 11.3 Å². The van der Waals surface area contributed by atoms with Crippen LogP contribution in [0.15, 0.2) is 40.9 Å². The second-order valence-electron chi connectivity index (χ2n) is 3.57. The first-order valence-electron chi connectivity index (χ1n) is 5.53. The van der Waals surface area contributed by atoms with Crippen molar-refractivity contribution in [2.45, 2.75) is 0 Å². The van der Waals surface area contributed by atoms with Crippen LogP contribution in [0.3, 0.4) is 0 Å². The molecule has 0 aliphatic rings. The number of nitrogen functional groups attached to an aromatic ring is 1. The number of hydrogen-bond acceptors (Lipinski definition) is 8. The molecule has 0 aliphatic carbocycles. The van der Waals surface area contributed by atoms with Crippen molar-refractivity contribution >= 4 is 34.3 Å². The van der Waals surface area contributed by atoms with Crippen LogP contribution in [0.25, 0.3) is 0 Å². The van der Waals surface area contributed by atoms with Gasteiger partial charge >= 0.3 is 12.1 Å². The molecule has 0 amide bonds. The van der Waals surface area contributed by atoms with Crippen LogP contribution in [0.1, 0.15) is 5.69 Å². The van der Waals surface area contributed by atoms with Gasteiger partial charge < -0.3 is 15.6 Å². The topological polar surface area (TPSA) is 124 Å². The fourth-order valence-corrected chi connectivity index (χ4v) is 1.83. The molecule has 8 nitrogen and oxygen atoms in total. The maximum atomic E-state index is 11.4. The van der Waals surface area contributed by atoms with Gasteiger partial charge in [-0.1, -0.05) is 23.4 Å². The fourth-order valence-electron chi connectivity index (χ4n) is 1.28. The van der Waals surface area contributed by atoms with E-state index in [9.17, 15) is 9.59 Å². The monoisotopic (exact) mass is 307 g/mol. The molecule has 9 heteroatoms. The third-order valence-corrected chi connectivity index (χ3v) is 2.80. The minimum Gasteiger partial charge on any atom is -0.476 e. The van der Waals surface area contributed by atoms with Crippen molar-refractivity contribution in [2.75, 3.05) is 5.73 Å². The van der Waals surface area contributed by atoms with E-state index in [1.54, 1.807) is 18.2 Å². The first kappa shape index (κ1) is 14.5. The summed E-state index contributed by atoms with van der Waals surface area (Å²) in [7, 11) is 0. The molecule has 0 spiro atoms. The third-order valence-electron chi connectivity index (χ3n) is 2.12. The zero-order valence-electron chi connectivity index (χ0n) is 10.4. The lowest BCUT2D eigenvalue weighted by atomic mass is 10.3. The number of aliphatic carboxylic acids is 1. The van der Waals surface area contributed by atoms with Gasteiger partial charge in [-0.2, -0.15) is 0 Å². The van der Waals surface area contributed by atoms with Crippen LogP contribution in [0.2, 0.25) is 0 Å². The van der Waals surface area contributed by atoms with E-state index in [-0.39, 0.29) is 16.6 Å². The predicted octanol–water partition coefficient (Wildman–Crippen LogP) is 1.73. The lowest BCUT2D eigenvalue weighted by Gasteiger charge is -2.01. The summed E-state index contributed by atoms with van der Waals surface area (Å²) >= 11 is 1.04. The van der Waals surface area contributed by atoms with Crippen molar-refractivity contribution in [1.29, 1.82) is 0 Å². The number of carboxylic acid groups (broad SMARTS) is 1. The number of hydrogen-bond donors (Lipinski definition) is 2. The molecule has 108 valence electrons. The number of carboxylic acids is 1. The maximum absolute atomic E-state index is 11.4. The van der Waals surface area contributed by atoms with E-state index in [0.717, 1.165) is 11.3 Å². The van der Waals surface area contributed by atoms with Gasteiger partial charge in [-0.05, 0) is 12.1 Å². The predicted molar refractivity (Wildman–Crippen MR) is 74.3 cm³/mol. The molecular formula is C12H9N3O5S. The number of anilines is 1. The molecule has 0 aliphatic heterocycles. The van der Waals surface area contributed by atoms with Gasteiger partial charge in [0.25, 0.3) is 0 Å². The van der Waals surface area contributed by atoms with Crippen molar-refractivity contribution in [3.8, 4) is 5.75 Å². The largest absolute Gasteiger partial charge is 0.540 e. The van der Waals surface area contributed by atoms with Gasteiger partial charge in [0.05, 0.1) is 0 Å². The number of carbonyl (C=O) groups is 2. The molecule has 1 aromatic carbocycles. The number of aromatic nitrogens is 1. The molecule has 1 heterocycles. The van der Waals surface area contributed by atoms with Crippen molar-refractivity contribution in [3.05, 3.63) is 41.4 Å². The highest BCUT2D eigenvalue weighted by Gasteiger charge is 2.18. The molecule has 2 aromatic rings. The highest BCUT2D eigenvalue weighted by Crippen LogP contribution is 2.13. The molecule has 0 saturated heterocycles. The zero-order chi connectivity index (χ0) is 15.2. The van der Waals surface area contributed by atoms with E-state index < -0.39 is 17.8 Å². The molecule has 0 radical (unpaired) electrons. The summed E-state index contributed by atoms with van der Waals surface area (Å²) in [5.41, 5.74) is 4.85. The van der Waals surface area contributed by atoms with Crippen LogP contribution in [0.4, 0.5) is 9.93 Å². The van der Waals surface area contributed by atoms with Crippen molar-refractivity contribution in [1.82, 2.24) is 4.98 Å². The van der Waals surface area contributed by atoms with Crippen LogP contribution < -0.4 is 10.5 Å². The molecule has 2 rings (SSSR count). The van der Waals surface area contributed by atoms with Gasteiger partial charge in [0, 0.05) is 5.38 Å². The summed E-state index contributed by atoms with van der Waals surface area (Å²) in [6.07, 6.45) is -1.16. The summed E-state index contributed by atoms with van der Waals surface area (Å²) in [5.74, 6) is -1.17. The normalized spacial score (nSPS) is 11.0. The van der Waals surface area contributed by atoms with Crippen LogP contribution in [0.5, 0.6) is 5.75 Å². The Morgan fingerprint density at radius 1 is 1.29 bits per heavy atom. The van der Waals surface area contributed by atoms with E-state index in [4.69, 9.17) is 15.6 Å². The van der Waals surface area contributed by atoms with E-state index >= 15 is 0 Å². The number of para-hydroxylation sites is 1. The van der Waals surface area contributed by atoms with Crippen molar-refractivity contribution in [2.24, 2.45) is 5.16 Å². The Kier molecular flexibility index (Phi) is 4.46. The average molecular weight is 307 g/mol. The van der Waals surface area contributed by atoms with Crippen LogP contribution in [0, 0.1) is 0 Å². The first-order chi connectivity index (χ1) is 10.1. The SMILES string of the molecule is Nc1nc(C(=NOC(=O)Oc2ccccc2)C(=O)O)cs1. The van der Waals surface area contributed by atoms with E-state index in [2.05, 4.69) is 15.0 Å². The number of nitrogens with two attached hydrogens (primary N) is 1. The molecule has 1 aromatic heterocycles. The highest BCUT2D eigenvalue weighted by molar-refractivity contribution is 7.13. The second-order valence-corrected chi connectivity index (χ2v) is 4.46. The Labute approximate surface area is 122 Å². The Morgan fingerprint density at radius 2 is 2.00 bits per heavy atom. The Hall–Kier alpha value is -2.94. The molecule has 0 fully saturated rings. The summed E-state index contributed by atoms with van der Waals surface area (Å²) in [4.78, 5) is 30.6. The Balaban J connectivity index is 2.06. The van der Waals surface area contributed by atoms with Crippen molar-refractivity contribution < 1.29 is 24.3 Å². The lowest BCUT2D eigenvalue weighted by Crippen LogP contribution is -2.17. The number of oxime groups is 1. The smallest absolute Gasteiger partial charge is 0.476 e. The molecule has 0 unspecified atom stereocenters. The molecule has 3 N–H and O–H groups in total. The quantitative estimate of drug-likeness (QED) is 0.290. The minimum atomic E-state index is -1.41. The zero-order valence-corrected chi connectivity index (χ0v) is 11.2. The van der Waals surface area contributed by atoms with Crippen LogP contribution in [-0.2, 0) is 9.63 Å². The van der Waals surface area contributed by atoms with Gasteiger partial charge in [-0.3, -0.25) is 4.84 Å². The van der Waals surface area contributed by atoms with Crippen molar-refractivity contribution in [3.63, 3.8) is 0 Å². The first-order valence-corrected chi connectivity index (χ1v) is 6.41. The summed E-state index contributed by atoms with van der Waals surface area (Å²) < 4.78 is 4.78. The molecule has 0 atom stereocenters. The van der Waals surface area contributed by atoms with E-state index in [0.29, 0.717) is 0 Å². The molecule has 21 heavy (non-hydrogen) atoms. The van der Waals surface area contributed by atoms with E-state index in [1.165, 1.54) is 17.5 Å². The second kappa shape index (κ2) is 6.48. The molecule has 0 saturated carbocycles. The van der Waals surface area contributed by atoms with Gasteiger partial charge in [-0.25, -0.2) is 14.6 Å². The number of rotatable bonds is 4. The Bertz CT molecular complexity index is 683. The van der Waals surface area contributed by atoms with Gasteiger partial charge in [0.1, 0.15) is 11.4 Å². The number of nitrogens with zero attached hydrogens (tertiary/aromatic N) is 2. The third kappa shape index (κ3) is 4.01. The Morgan fingerprint density at radius 3 is 2.57 bits per heavy atom. The average Bonchev–Trinajstić information content (AvgIpc) is 2.86. The number of carbonyl (C=O) groups excluding carboxylic acids is 1. The standard InChI is InChI=1S/C12H9N3O5S/c13-11-14-8(6-21-11)9(10(16)17)15-20-12(18)19-7-4-2-1-3-5-7/h1-6H,(H2,13,14)(H,16,17). The number of thiazole rings is 1. The number of benzene rings is 1. The van der Waals surface area contributed by atoms with Gasteiger partial charge in [0.2, 0.25) is 5.71 Å². The maximum Gasteiger partial charge on any atom is 0.540 e. The highest BCUT2D eigenvalue weighted by atomic mass is 32.1. The fraction of sp³-hybridized carbons (Fsp3) is 0. The number of ether oxygens (including phenoxy) is 1. The van der Waals surface area contributed by atoms with Crippen LogP contribution in [-0.4, -0.2) is 27.9 Å². The lowest BCUT2D eigenvalue weighted by molar-refractivity contribution is -0.129. The minimum absolute atomic E-state index is 0.00230. The summed E-state index contributed by atoms with van der Waals surface area (Å²) in [6.45, 7) is 0. The van der Waals surface area contributed by atoms with Gasteiger partial charge in [0.15, 0.2) is 5.13 Å².